The van der Waals surface area contributed by atoms with E-state index >= 15 is 0 Å². The van der Waals surface area contributed by atoms with E-state index in [-0.39, 0.29) is 49.0 Å². The topological polar surface area (TPSA) is 81.7 Å². The average Bonchev–Trinajstić information content (AvgIpc) is 3.35. The van der Waals surface area contributed by atoms with Crippen molar-refractivity contribution in [1.82, 2.24) is 24.7 Å². The van der Waals surface area contributed by atoms with Crippen LogP contribution in [0.3, 0.4) is 0 Å². The predicted octanol–water partition coefficient (Wildman–Crippen LogP) is 4.49. The first-order chi connectivity index (χ1) is 16.5. The molecular weight excluding hydrogens is 535 g/mol. The highest BCUT2D eigenvalue weighted by molar-refractivity contribution is 6.29. The van der Waals surface area contributed by atoms with Crippen molar-refractivity contribution in [2.24, 2.45) is 0 Å². The molecule has 0 spiro atoms. The number of unbranched alkanes of at least 4 members (excludes halogenated alkanes) is 1. The number of likely N-dealkylation sites (N-methyl/N-ethyl adjacent to an activating group) is 1. The van der Waals surface area contributed by atoms with Crippen molar-refractivity contribution in [3.05, 3.63) is 41.7 Å². The molecular formula is C26H35Cl3N6O2. The van der Waals surface area contributed by atoms with E-state index in [1.807, 2.05) is 37.2 Å². The Bertz CT molecular complexity index is 1250. The second-order valence-corrected chi connectivity index (χ2v) is 9.52. The molecule has 5 rings (SSSR count). The minimum Gasteiger partial charge on any atom is -0.369 e. The molecule has 1 N–H and O–H groups in total. The van der Waals surface area contributed by atoms with Crippen LogP contribution >= 0.6 is 37.2 Å². The quantitative estimate of drug-likeness (QED) is 0.231. The normalized spacial score (nSPS) is 15.1. The van der Waals surface area contributed by atoms with E-state index in [1.165, 1.54) is 30.8 Å². The number of likely N-dealkylation sites (tertiary alicyclic amines) is 1. The maximum absolute atomic E-state index is 13.4. The van der Waals surface area contributed by atoms with Gasteiger partial charge in [-0.2, -0.15) is 0 Å². The Hall–Kier alpha value is -2.23. The number of benzene rings is 2. The number of hydrogen-bond donors (Lipinski definition) is 1. The van der Waals surface area contributed by atoms with Gasteiger partial charge in [-0.15, -0.1) is 37.2 Å². The van der Waals surface area contributed by atoms with Gasteiger partial charge in [-0.1, -0.05) is 12.1 Å². The third kappa shape index (κ3) is 6.26. The van der Waals surface area contributed by atoms with Gasteiger partial charge in [0.1, 0.15) is 12.1 Å². The lowest BCUT2D eigenvalue weighted by atomic mass is 9.92. The molecule has 0 unspecified atom stereocenters. The van der Waals surface area contributed by atoms with Crippen molar-refractivity contribution < 1.29 is 9.59 Å². The van der Waals surface area contributed by atoms with Crippen molar-refractivity contribution in [2.45, 2.75) is 25.7 Å². The summed E-state index contributed by atoms with van der Waals surface area (Å²) < 4.78 is 0. The van der Waals surface area contributed by atoms with E-state index in [9.17, 15) is 9.59 Å². The van der Waals surface area contributed by atoms with E-state index in [0.717, 1.165) is 48.0 Å². The van der Waals surface area contributed by atoms with Gasteiger partial charge < -0.3 is 15.1 Å². The largest absolute Gasteiger partial charge is 0.369 e. The molecule has 37 heavy (non-hydrogen) atoms. The highest BCUT2D eigenvalue weighted by Crippen LogP contribution is 2.36. The summed E-state index contributed by atoms with van der Waals surface area (Å²) in [5, 5.41) is 5.80. The predicted molar refractivity (Wildman–Crippen MR) is 156 cm³/mol. The second kappa shape index (κ2) is 13.5. The van der Waals surface area contributed by atoms with Gasteiger partial charge in [0, 0.05) is 46.9 Å². The molecule has 1 saturated heterocycles. The molecule has 0 atom stereocenters. The van der Waals surface area contributed by atoms with Gasteiger partial charge in [0.15, 0.2) is 0 Å². The molecule has 8 nitrogen and oxygen atoms in total. The zero-order chi connectivity index (χ0) is 23.7. The fourth-order valence-corrected chi connectivity index (χ4v) is 5.05. The van der Waals surface area contributed by atoms with Gasteiger partial charge in [-0.3, -0.25) is 14.5 Å². The number of rotatable bonds is 9. The van der Waals surface area contributed by atoms with Gasteiger partial charge >= 0.3 is 0 Å². The molecule has 1 fully saturated rings. The van der Waals surface area contributed by atoms with Crippen LogP contribution in [0, 0.1) is 0 Å². The zero-order valence-electron chi connectivity index (χ0n) is 21.2. The summed E-state index contributed by atoms with van der Waals surface area (Å²) in [7, 11) is 3.86. The number of nitrogens with one attached hydrogen (secondary N) is 1. The Balaban J connectivity index is 0.00000160. The fraction of sp³-hybridized carbons (Fsp3) is 0.462. The molecule has 0 bridgehead atoms. The third-order valence-electron chi connectivity index (χ3n) is 6.88. The summed E-state index contributed by atoms with van der Waals surface area (Å²) in [6, 6.07) is 7.47. The Labute approximate surface area is 236 Å². The third-order valence-corrected chi connectivity index (χ3v) is 6.88. The molecule has 2 aliphatic heterocycles. The SMILES string of the molecule is CN(C)CCN1C(=O)c2cccc3c2c(cc2c(NCCCCN4CCCC4)ncnc23)C1=O.Cl.Cl.Cl. The van der Waals surface area contributed by atoms with Crippen LogP contribution < -0.4 is 5.32 Å². The Morgan fingerprint density at radius 2 is 1.65 bits per heavy atom. The van der Waals surface area contributed by atoms with Crippen molar-refractivity contribution in [3.63, 3.8) is 0 Å². The van der Waals surface area contributed by atoms with Crippen LogP contribution in [0.2, 0.25) is 0 Å². The minimum absolute atomic E-state index is 0. The molecule has 2 aliphatic rings. The summed E-state index contributed by atoms with van der Waals surface area (Å²) >= 11 is 0. The van der Waals surface area contributed by atoms with Crippen molar-refractivity contribution in [1.29, 1.82) is 0 Å². The molecule has 0 saturated carbocycles. The fourth-order valence-electron chi connectivity index (χ4n) is 5.05. The number of halogens is 3. The molecule has 2 amide bonds. The lowest BCUT2D eigenvalue weighted by Crippen LogP contribution is -2.43. The molecule has 202 valence electrons. The molecule has 3 heterocycles. The van der Waals surface area contributed by atoms with E-state index in [2.05, 4.69) is 20.2 Å². The number of aromatic nitrogens is 2. The molecule has 2 aromatic carbocycles. The van der Waals surface area contributed by atoms with Crippen LogP contribution in [-0.2, 0) is 0 Å². The van der Waals surface area contributed by atoms with Gasteiger partial charge in [0.2, 0.25) is 0 Å². The van der Waals surface area contributed by atoms with E-state index in [1.54, 1.807) is 12.4 Å². The van der Waals surface area contributed by atoms with E-state index in [0.29, 0.717) is 29.6 Å². The first kappa shape index (κ1) is 31.0. The van der Waals surface area contributed by atoms with Crippen LogP contribution in [0.25, 0.3) is 21.7 Å². The molecule has 3 aromatic rings. The number of fused-ring (bicyclic) bond motifs is 2. The highest BCUT2D eigenvalue weighted by Gasteiger charge is 2.33. The first-order valence-corrected chi connectivity index (χ1v) is 12.2. The van der Waals surface area contributed by atoms with Crippen molar-refractivity contribution in [2.75, 3.05) is 58.7 Å². The number of carbonyl (C=O) groups is 2. The van der Waals surface area contributed by atoms with Crippen LogP contribution in [0.4, 0.5) is 5.82 Å². The van der Waals surface area contributed by atoms with Crippen LogP contribution in [0.1, 0.15) is 46.4 Å². The Kier molecular flexibility index (Phi) is 11.3. The van der Waals surface area contributed by atoms with Gasteiger partial charge in [0.05, 0.1) is 5.52 Å². The second-order valence-electron chi connectivity index (χ2n) is 9.52. The van der Waals surface area contributed by atoms with Crippen LogP contribution in [0.15, 0.2) is 30.6 Å². The lowest BCUT2D eigenvalue weighted by Gasteiger charge is -2.28. The molecule has 11 heteroatoms. The summed E-state index contributed by atoms with van der Waals surface area (Å²) in [5.41, 5.74) is 1.86. The molecule has 0 aliphatic carbocycles. The average molecular weight is 570 g/mol. The standard InChI is InChI=1S/C26H32N6O2.3ClH/c1-30(2)14-15-32-25(33)19-9-7-8-18-22(19)20(26(32)34)16-21-23(18)28-17-29-24(21)27-10-3-4-11-31-12-5-6-13-31;;;/h7-9,16-17H,3-6,10-15H2,1-2H3,(H,27,28,29);3*1H. The lowest BCUT2D eigenvalue weighted by molar-refractivity contribution is 0.0601. The zero-order valence-corrected chi connectivity index (χ0v) is 23.7. The van der Waals surface area contributed by atoms with E-state index < -0.39 is 0 Å². The van der Waals surface area contributed by atoms with Gasteiger partial charge in [0.25, 0.3) is 11.8 Å². The Morgan fingerprint density at radius 1 is 0.919 bits per heavy atom. The maximum Gasteiger partial charge on any atom is 0.261 e. The number of anilines is 1. The van der Waals surface area contributed by atoms with Crippen LogP contribution in [0.5, 0.6) is 0 Å². The Morgan fingerprint density at radius 3 is 2.38 bits per heavy atom. The highest BCUT2D eigenvalue weighted by atomic mass is 35.5. The number of amides is 2. The summed E-state index contributed by atoms with van der Waals surface area (Å²) in [5.74, 6) is 0.242. The van der Waals surface area contributed by atoms with E-state index in [4.69, 9.17) is 0 Å². The summed E-state index contributed by atoms with van der Waals surface area (Å²) in [4.78, 5) is 41.5. The number of hydrogen-bond acceptors (Lipinski definition) is 7. The smallest absolute Gasteiger partial charge is 0.261 e. The summed E-state index contributed by atoms with van der Waals surface area (Å²) in [6.07, 6.45) is 6.40. The maximum atomic E-state index is 13.4. The van der Waals surface area contributed by atoms with Gasteiger partial charge in [-0.05, 0) is 71.5 Å². The first-order valence-electron chi connectivity index (χ1n) is 12.2. The number of imide groups is 1. The van der Waals surface area contributed by atoms with Crippen molar-refractivity contribution in [3.8, 4) is 0 Å². The van der Waals surface area contributed by atoms with Gasteiger partial charge in [-0.25, -0.2) is 9.97 Å². The van der Waals surface area contributed by atoms with Crippen LogP contribution in [-0.4, -0.2) is 89.8 Å². The summed E-state index contributed by atoms with van der Waals surface area (Å²) in [6.45, 7) is 5.38. The molecule has 1 aromatic heterocycles. The van der Waals surface area contributed by atoms with Crippen molar-refractivity contribution >= 4 is 76.5 Å². The number of carbonyl (C=O) groups excluding carboxylic acids is 2. The monoisotopic (exact) mass is 568 g/mol. The number of nitrogens with zero attached hydrogens (tertiary/aromatic N) is 5. The molecule has 0 radical (unpaired) electrons. The minimum atomic E-state index is -0.252.